The standard InChI is InChI=1S/C27H36FNO6/c1-4-20(5-2)18-29(27(32)35-19-22-7-11-23(28)12-8-22)15-16-34-24-13-9-21(10-14-24)17-25(26(30)31)33-6-3/h7-14,20,25H,4-6,15-19H2,1-3H3,(H,30,31). The average Bonchev–Trinajstić information content (AvgIpc) is 2.86. The number of carbonyl (C=O) groups is 2. The molecule has 0 aliphatic heterocycles. The van der Waals surface area contributed by atoms with Crippen molar-refractivity contribution in [3.8, 4) is 5.75 Å². The Bertz CT molecular complexity index is 899. The summed E-state index contributed by atoms with van der Waals surface area (Å²) in [6.07, 6.45) is 0.841. The molecule has 7 nitrogen and oxygen atoms in total. The number of rotatable bonds is 15. The second-order valence-corrected chi connectivity index (χ2v) is 8.29. The van der Waals surface area contributed by atoms with Crippen molar-refractivity contribution < 1.29 is 33.3 Å². The van der Waals surface area contributed by atoms with Gasteiger partial charge in [-0.3, -0.25) is 0 Å². The van der Waals surface area contributed by atoms with Crippen LogP contribution in [0.5, 0.6) is 5.75 Å². The summed E-state index contributed by atoms with van der Waals surface area (Å²) in [5.41, 5.74) is 1.55. The molecule has 0 fully saturated rings. The van der Waals surface area contributed by atoms with Crippen LogP contribution >= 0.6 is 0 Å². The molecule has 1 amide bonds. The van der Waals surface area contributed by atoms with E-state index >= 15 is 0 Å². The Morgan fingerprint density at radius 1 is 0.971 bits per heavy atom. The molecule has 0 aliphatic carbocycles. The van der Waals surface area contributed by atoms with E-state index in [9.17, 15) is 19.1 Å². The maximum atomic E-state index is 13.1. The molecule has 1 unspecified atom stereocenters. The number of carboxylic acids is 1. The second-order valence-electron chi connectivity index (χ2n) is 8.29. The Morgan fingerprint density at radius 3 is 2.17 bits per heavy atom. The van der Waals surface area contributed by atoms with Crippen LogP contribution in [-0.2, 0) is 27.3 Å². The zero-order valence-electron chi connectivity index (χ0n) is 20.7. The van der Waals surface area contributed by atoms with Gasteiger partial charge in [0.25, 0.3) is 0 Å². The van der Waals surface area contributed by atoms with Gasteiger partial charge in [0.15, 0.2) is 6.10 Å². The first-order valence-electron chi connectivity index (χ1n) is 12.1. The molecule has 2 aromatic carbocycles. The van der Waals surface area contributed by atoms with E-state index in [-0.39, 0.29) is 25.5 Å². The SMILES string of the molecule is CCOC(Cc1ccc(OCCN(CC(CC)CC)C(=O)OCc2ccc(F)cc2)cc1)C(=O)O. The lowest BCUT2D eigenvalue weighted by Crippen LogP contribution is -2.38. The molecule has 192 valence electrons. The number of nitrogens with zero attached hydrogens (tertiary/aromatic N) is 1. The largest absolute Gasteiger partial charge is 0.492 e. The van der Waals surface area contributed by atoms with Crippen LogP contribution in [0.25, 0.3) is 0 Å². The molecule has 2 aromatic rings. The molecule has 0 aliphatic rings. The normalized spacial score (nSPS) is 11.8. The fourth-order valence-electron chi connectivity index (χ4n) is 3.56. The minimum atomic E-state index is -0.990. The van der Waals surface area contributed by atoms with Crippen LogP contribution in [0.3, 0.4) is 0 Å². The lowest BCUT2D eigenvalue weighted by Gasteiger charge is -2.26. The van der Waals surface area contributed by atoms with Gasteiger partial charge in [-0.25, -0.2) is 14.0 Å². The molecule has 2 rings (SSSR count). The smallest absolute Gasteiger partial charge is 0.410 e. The van der Waals surface area contributed by atoms with Crippen molar-refractivity contribution in [1.82, 2.24) is 4.90 Å². The van der Waals surface area contributed by atoms with Gasteiger partial charge in [-0.05, 0) is 48.2 Å². The number of aliphatic carboxylic acids is 1. The van der Waals surface area contributed by atoms with Crippen molar-refractivity contribution in [2.24, 2.45) is 5.92 Å². The number of carboxylic acid groups (broad SMARTS) is 1. The van der Waals surface area contributed by atoms with Gasteiger partial charge in [-0.15, -0.1) is 0 Å². The van der Waals surface area contributed by atoms with Crippen LogP contribution in [0.2, 0.25) is 0 Å². The van der Waals surface area contributed by atoms with Gasteiger partial charge in [0.2, 0.25) is 0 Å². The summed E-state index contributed by atoms with van der Waals surface area (Å²) >= 11 is 0. The second kappa shape index (κ2) is 15.0. The molecule has 1 N–H and O–H groups in total. The molecule has 35 heavy (non-hydrogen) atoms. The maximum absolute atomic E-state index is 13.1. The van der Waals surface area contributed by atoms with E-state index < -0.39 is 18.2 Å². The third-order valence-electron chi connectivity index (χ3n) is 5.78. The number of hydrogen-bond donors (Lipinski definition) is 1. The lowest BCUT2D eigenvalue weighted by atomic mass is 10.0. The summed E-state index contributed by atoms with van der Waals surface area (Å²) in [4.78, 5) is 25.7. The Morgan fingerprint density at radius 2 is 1.60 bits per heavy atom. The van der Waals surface area contributed by atoms with Crippen molar-refractivity contribution in [3.05, 3.63) is 65.5 Å². The summed E-state index contributed by atoms with van der Waals surface area (Å²) in [6, 6.07) is 13.0. The predicted octanol–water partition coefficient (Wildman–Crippen LogP) is 5.31. The molecule has 0 radical (unpaired) electrons. The molecular weight excluding hydrogens is 453 g/mol. The first-order valence-corrected chi connectivity index (χ1v) is 12.1. The summed E-state index contributed by atoms with van der Waals surface area (Å²) in [6.45, 7) is 7.54. The van der Waals surface area contributed by atoms with E-state index in [0.29, 0.717) is 36.9 Å². The van der Waals surface area contributed by atoms with Gasteiger partial charge in [-0.2, -0.15) is 0 Å². The zero-order chi connectivity index (χ0) is 25.6. The Balaban J connectivity index is 1.91. The number of halogens is 1. The topological polar surface area (TPSA) is 85.3 Å². The van der Waals surface area contributed by atoms with Gasteiger partial charge >= 0.3 is 12.1 Å². The van der Waals surface area contributed by atoms with E-state index in [2.05, 4.69) is 13.8 Å². The van der Waals surface area contributed by atoms with Gasteiger partial charge in [-0.1, -0.05) is 51.0 Å². The van der Waals surface area contributed by atoms with Crippen LogP contribution in [0, 0.1) is 11.7 Å². The highest BCUT2D eigenvalue weighted by molar-refractivity contribution is 5.72. The lowest BCUT2D eigenvalue weighted by molar-refractivity contribution is -0.149. The van der Waals surface area contributed by atoms with Crippen molar-refractivity contribution in [1.29, 1.82) is 0 Å². The molecular formula is C27H36FNO6. The summed E-state index contributed by atoms with van der Waals surface area (Å²) < 4.78 is 29.6. The highest BCUT2D eigenvalue weighted by Gasteiger charge is 2.20. The van der Waals surface area contributed by atoms with Gasteiger partial charge in [0.05, 0.1) is 6.54 Å². The maximum Gasteiger partial charge on any atom is 0.410 e. The summed E-state index contributed by atoms with van der Waals surface area (Å²) in [7, 11) is 0. The Kier molecular flexibility index (Phi) is 12.0. The summed E-state index contributed by atoms with van der Waals surface area (Å²) in [5, 5.41) is 9.24. The molecule has 0 saturated heterocycles. The van der Waals surface area contributed by atoms with E-state index in [1.807, 2.05) is 12.1 Å². The fourth-order valence-corrected chi connectivity index (χ4v) is 3.56. The highest BCUT2D eigenvalue weighted by atomic mass is 19.1. The molecule has 1 atom stereocenters. The van der Waals surface area contributed by atoms with Crippen LogP contribution in [0.15, 0.2) is 48.5 Å². The Labute approximate surface area is 206 Å². The minimum Gasteiger partial charge on any atom is -0.492 e. The fraction of sp³-hybridized carbons (Fsp3) is 0.481. The first kappa shape index (κ1) is 28.1. The number of amides is 1. The van der Waals surface area contributed by atoms with Gasteiger partial charge in [0, 0.05) is 19.6 Å². The van der Waals surface area contributed by atoms with E-state index in [4.69, 9.17) is 14.2 Å². The molecule has 0 bridgehead atoms. The highest BCUT2D eigenvalue weighted by Crippen LogP contribution is 2.16. The van der Waals surface area contributed by atoms with Crippen LogP contribution in [0.1, 0.15) is 44.7 Å². The minimum absolute atomic E-state index is 0.0694. The monoisotopic (exact) mass is 489 g/mol. The third kappa shape index (κ3) is 9.94. The molecule has 0 aromatic heterocycles. The van der Waals surface area contributed by atoms with Crippen LogP contribution < -0.4 is 4.74 Å². The average molecular weight is 490 g/mol. The number of ether oxygens (including phenoxy) is 3. The van der Waals surface area contributed by atoms with Gasteiger partial charge < -0.3 is 24.2 Å². The zero-order valence-corrected chi connectivity index (χ0v) is 20.7. The number of carbonyl (C=O) groups excluding carboxylic acids is 1. The van der Waals surface area contributed by atoms with E-state index in [0.717, 1.165) is 18.4 Å². The molecule has 8 heteroatoms. The number of benzene rings is 2. The molecule has 0 heterocycles. The van der Waals surface area contributed by atoms with E-state index in [1.54, 1.807) is 36.1 Å². The molecule has 0 spiro atoms. The van der Waals surface area contributed by atoms with Crippen LogP contribution in [-0.4, -0.2) is 54.5 Å². The predicted molar refractivity (Wildman–Crippen MR) is 131 cm³/mol. The van der Waals surface area contributed by atoms with E-state index in [1.165, 1.54) is 12.1 Å². The quantitative estimate of drug-likeness (QED) is 0.365. The van der Waals surface area contributed by atoms with Crippen molar-refractivity contribution in [3.63, 3.8) is 0 Å². The van der Waals surface area contributed by atoms with Crippen molar-refractivity contribution in [2.75, 3.05) is 26.3 Å². The van der Waals surface area contributed by atoms with Crippen molar-refractivity contribution >= 4 is 12.1 Å². The van der Waals surface area contributed by atoms with Gasteiger partial charge in [0.1, 0.15) is 24.8 Å². The molecule has 0 saturated carbocycles. The number of hydrogen-bond acceptors (Lipinski definition) is 5. The third-order valence-corrected chi connectivity index (χ3v) is 5.78. The van der Waals surface area contributed by atoms with Crippen molar-refractivity contribution in [2.45, 2.75) is 52.7 Å². The van der Waals surface area contributed by atoms with Crippen LogP contribution in [0.4, 0.5) is 9.18 Å². The first-order chi connectivity index (χ1) is 16.9. The summed E-state index contributed by atoms with van der Waals surface area (Å²) in [5.74, 6) is -0.355. The Hall–Kier alpha value is -3.13.